The van der Waals surface area contributed by atoms with E-state index in [1.165, 1.54) is 11.6 Å². The van der Waals surface area contributed by atoms with E-state index in [9.17, 15) is 9.59 Å². The van der Waals surface area contributed by atoms with Crippen molar-refractivity contribution < 1.29 is 14.3 Å². The van der Waals surface area contributed by atoms with Gasteiger partial charge in [0.15, 0.2) is 5.65 Å². The number of carbonyl (C=O) groups excluding carboxylic acids is 1. The summed E-state index contributed by atoms with van der Waals surface area (Å²) in [5.74, 6) is 0.241. The summed E-state index contributed by atoms with van der Waals surface area (Å²) < 4.78 is 11.9. The molecule has 0 bridgehead atoms. The molecule has 3 aromatic rings. The number of hydrogen-bond acceptors (Lipinski definition) is 5. The van der Waals surface area contributed by atoms with Gasteiger partial charge in [0, 0.05) is 17.3 Å². The van der Waals surface area contributed by atoms with Crippen molar-refractivity contribution in [1.29, 1.82) is 0 Å². The van der Waals surface area contributed by atoms with Crippen molar-refractivity contribution >= 4 is 11.6 Å². The zero-order valence-corrected chi connectivity index (χ0v) is 17.6. The van der Waals surface area contributed by atoms with Gasteiger partial charge in [-0.15, -0.1) is 0 Å². The number of methoxy groups -OCH3 is 1. The van der Waals surface area contributed by atoms with E-state index in [0.717, 1.165) is 22.6 Å². The topological polar surface area (TPSA) is 85.7 Å². The largest absolute Gasteiger partial charge is 0.489 e. The van der Waals surface area contributed by atoms with Gasteiger partial charge in [0.05, 0.1) is 24.8 Å². The molecule has 7 heteroatoms. The van der Waals surface area contributed by atoms with Gasteiger partial charge in [-0.3, -0.25) is 14.7 Å². The molecule has 0 atom stereocenters. The van der Waals surface area contributed by atoms with Gasteiger partial charge < -0.3 is 9.47 Å². The van der Waals surface area contributed by atoms with Crippen LogP contribution in [0.3, 0.4) is 0 Å². The molecule has 0 unspecified atom stereocenters. The van der Waals surface area contributed by atoms with Crippen LogP contribution in [-0.4, -0.2) is 34.3 Å². The average molecular weight is 407 g/mol. The maximum Gasteiger partial charge on any atom is 0.310 e. The number of nitrogens with zero attached hydrogens (tertiary/aromatic N) is 2. The minimum Gasteiger partial charge on any atom is -0.489 e. The van der Waals surface area contributed by atoms with Crippen LogP contribution in [0.5, 0.6) is 5.75 Å². The summed E-state index contributed by atoms with van der Waals surface area (Å²) >= 11 is 0. The highest BCUT2D eigenvalue weighted by atomic mass is 16.5. The van der Waals surface area contributed by atoms with Crippen molar-refractivity contribution in [3.63, 3.8) is 0 Å². The average Bonchev–Trinajstić information content (AvgIpc) is 3.18. The van der Waals surface area contributed by atoms with E-state index in [1.807, 2.05) is 56.3 Å². The number of aryl methyl sites for hydroxylation is 1. The van der Waals surface area contributed by atoms with Gasteiger partial charge in [-0.1, -0.05) is 30.4 Å². The van der Waals surface area contributed by atoms with Crippen LogP contribution in [0.2, 0.25) is 0 Å². The lowest BCUT2D eigenvalue weighted by molar-refractivity contribution is -0.139. The van der Waals surface area contributed by atoms with Crippen LogP contribution in [0.4, 0.5) is 0 Å². The van der Waals surface area contributed by atoms with Crippen molar-refractivity contribution in [2.75, 3.05) is 13.7 Å². The van der Waals surface area contributed by atoms with Crippen LogP contribution in [0.1, 0.15) is 25.1 Å². The number of rotatable bonds is 7. The quantitative estimate of drug-likeness (QED) is 0.478. The summed E-state index contributed by atoms with van der Waals surface area (Å²) in [4.78, 5) is 28.9. The second-order valence-corrected chi connectivity index (χ2v) is 6.78. The smallest absolute Gasteiger partial charge is 0.310 e. The highest BCUT2D eigenvalue weighted by Crippen LogP contribution is 2.24. The minimum atomic E-state index is -0.480. The first-order chi connectivity index (χ1) is 14.5. The fourth-order valence-electron chi connectivity index (χ4n) is 3.10. The monoisotopic (exact) mass is 407 g/mol. The third-order valence-corrected chi connectivity index (χ3v) is 4.77. The molecule has 2 aromatic heterocycles. The lowest BCUT2D eigenvalue weighted by atomic mass is 10.1. The first-order valence-corrected chi connectivity index (χ1v) is 9.66. The predicted molar refractivity (Wildman–Crippen MR) is 116 cm³/mol. The van der Waals surface area contributed by atoms with Gasteiger partial charge in [0.1, 0.15) is 12.4 Å². The molecule has 156 valence electrons. The molecular formula is C23H25N3O4. The van der Waals surface area contributed by atoms with Crippen LogP contribution in [0.15, 0.2) is 58.9 Å². The lowest BCUT2D eigenvalue weighted by Crippen LogP contribution is -2.24. The fourth-order valence-corrected chi connectivity index (χ4v) is 3.10. The highest BCUT2D eigenvalue weighted by Gasteiger charge is 2.16. The molecule has 1 aromatic carbocycles. The van der Waals surface area contributed by atoms with E-state index in [4.69, 9.17) is 4.74 Å². The fraction of sp³-hybridized carbons (Fsp3) is 0.261. The molecule has 0 saturated carbocycles. The summed E-state index contributed by atoms with van der Waals surface area (Å²) in [6.07, 6.45) is 5.87. The number of hydrogen-bond donors (Lipinski definition) is 1. The first-order valence-electron chi connectivity index (χ1n) is 9.66. The molecule has 3 rings (SSSR count). The molecule has 0 aliphatic heterocycles. The number of nitrogens with one attached hydrogen (secondary N) is 1. The van der Waals surface area contributed by atoms with E-state index in [0.29, 0.717) is 23.5 Å². The first kappa shape index (κ1) is 21.1. The zero-order chi connectivity index (χ0) is 21.7. The Kier molecular flexibility index (Phi) is 6.51. The van der Waals surface area contributed by atoms with Gasteiger partial charge in [-0.25, -0.2) is 9.50 Å². The van der Waals surface area contributed by atoms with Crippen molar-refractivity contribution in [3.05, 3.63) is 75.7 Å². The van der Waals surface area contributed by atoms with E-state index >= 15 is 0 Å². The van der Waals surface area contributed by atoms with Gasteiger partial charge >= 0.3 is 5.97 Å². The number of carbonyl (C=O) groups is 1. The molecule has 2 heterocycles. The Morgan fingerprint density at radius 2 is 2.07 bits per heavy atom. The number of aromatic amines is 1. The van der Waals surface area contributed by atoms with Crippen molar-refractivity contribution in [3.8, 4) is 17.0 Å². The summed E-state index contributed by atoms with van der Waals surface area (Å²) in [5, 5.41) is 3.07. The number of aromatic nitrogens is 3. The third kappa shape index (κ3) is 4.51. The Morgan fingerprint density at radius 1 is 1.27 bits per heavy atom. The molecular weight excluding hydrogens is 382 g/mol. The lowest BCUT2D eigenvalue weighted by Gasteiger charge is -2.08. The van der Waals surface area contributed by atoms with E-state index in [1.54, 1.807) is 13.0 Å². The second-order valence-electron chi connectivity index (χ2n) is 6.78. The van der Waals surface area contributed by atoms with Gasteiger partial charge in [0.25, 0.3) is 5.56 Å². The van der Waals surface area contributed by atoms with Crippen molar-refractivity contribution in [2.45, 2.75) is 27.2 Å². The van der Waals surface area contributed by atoms with Crippen LogP contribution >= 0.6 is 0 Å². The Morgan fingerprint density at radius 3 is 2.77 bits per heavy atom. The number of fused-ring (bicyclic) bond motifs is 1. The Hall–Kier alpha value is -3.61. The Bertz CT molecular complexity index is 1180. The number of benzene rings is 1. The van der Waals surface area contributed by atoms with Crippen molar-refractivity contribution in [2.24, 2.45) is 0 Å². The van der Waals surface area contributed by atoms with Gasteiger partial charge in [0.2, 0.25) is 0 Å². The molecule has 0 aliphatic carbocycles. The second kappa shape index (κ2) is 9.26. The number of allylic oxidation sites excluding steroid dienone is 2. The highest BCUT2D eigenvalue weighted by molar-refractivity contribution is 5.73. The maximum absolute atomic E-state index is 12.8. The van der Waals surface area contributed by atoms with Crippen LogP contribution in [-0.2, 0) is 16.0 Å². The molecule has 0 amide bonds. The summed E-state index contributed by atoms with van der Waals surface area (Å²) in [7, 11) is 1.29. The Balaban J connectivity index is 1.93. The maximum atomic E-state index is 12.8. The number of esters is 1. The molecule has 0 spiro atoms. The van der Waals surface area contributed by atoms with E-state index in [-0.39, 0.29) is 12.0 Å². The van der Waals surface area contributed by atoms with Gasteiger partial charge in [-0.05, 0) is 38.5 Å². The summed E-state index contributed by atoms with van der Waals surface area (Å²) in [6, 6.07) is 9.41. The third-order valence-electron chi connectivity index (χ3n) is 4.77. The Labute approximate surface area is 174 Å². The van der Waals surface area contributed by atoms with E-state index in [2.05, 4.69) is 14.8 Å². The summed E-state index contributed by atoms with van der Waals surface area (Å²) in [6.45, 7) is 6.12. The molecule has 7 nitrogen and oxygen atoms in total. The zero-order valence-electron chi connectivity index (χ0n) is 17.6. The van der Waals surface area contributed by atoms with Crippen LogP contribution in [0, 0.1) is 6.92 Å². The molecule has 1 N–H and O–H groups in total. The molecule has 0 radical (unpaired) electrons. The molecule has 0 aliphatic rings. The SMILES string of the molecule is CC=CC(=CC)COc1cccc(-c2cc3nc(C)c(CC(=O)OC)c(=O)n3[nH]2)c1. The van der Waals surface area contributed by atoms with E-state index < -0.39 is 5.97 Å². The van der Waals surface area contributed by atoms with Crippen LogP contribution in [0.25, 0.3) is 16.9 Å². The van der Waals surface area contributed by atoms with Gasteiger partial charge in [-0.2, -0.15) is 0 Å². The standard InChI is InChI=1S/C23H25N3O4/c1-5-8-16(6-2)14-30-18-10-7-9-17(11-18)20-13-21-24-15(3)19(12-22(27)29-4)23(28)26(21)25-20/h5-11,13,25H,12,14H2,1-4H3. The minimum absolute atomic E-state index is 0.117. The van der Waals surface area contributed by atoms with Crippen LogP contribution < -0.4 is 10.3 Å². The molecule has 0 fully saturated rings. The number of H-pyrrole nitrogens is 1. The predicted octanol–water partition coefficient (Wildman–Crippen LogP) is 3.61. The number of ether oxygens (including phenoxy) is 2. The normalized spacial score (nSPS) is 11.9. The molecule has 30 heavy (non-hydrogen) atoms. The summed E-state index contributed by atoms with van der Waals surface area (Å²) in [5.41, 5.74) is 3.65. The van der Waals surface area contributed by atoms with Crippen molar-refractivity contribution in [1.82, 2.24) is 14.6 Å². The molecule has 0 saturated heterocycles.